The molecule has 0 spiro atoms. The van der Waals surface area contributed by atoms with Gasteiger partial charge in [0.1, 0.15) is 11.6 Å². The third-order valence-corrected chi connectivity index (χ3v) is 5.30. The van der Waals surface area contributed by atoms with Crippen LogP contribution in [0.2, 0.25) is 5.02 Å². The van der Waals surface area contributed by atoms with Crippen molar-refractivity contribution in [1.29, 1.82) is 0 Å². The fourth-order valence-corrected chi connectivity index (χ4v) is 3.72. The average Bonchev–Trinajstić information content (AvgIpc) is 3.00. The number of pyridine rings is 1. The first-order valence-corrected chi connectivity index (χ1v) is 9.54. The molecule has 1 aliphatic heterocycles. The van der Waals surface area contributed by atoms with E-state index in [9.17, 15) is 9.18 Å². The van der Waals surface area contributed by atoms with Gasteiger partial charge in [-0.2, -0.15) is 0 Å². The molecule has 0 saturated heterocycles. The van der Waals surface area contributed by atoms with Crippen molar-refractivity contribution in [2.75, 3.05) is 0 Å². The SMILES string of the molecule is O=C(Cc1c(F)cccc1Cl)NC1CCc2nnc(-c3ccncc3)n2CC1. The number of carbonyl (C=O) groups is 1. The van der Waals surface area contributed by atoms with Crippen molar-refractivity contribution in [2.45, 2.75) is 38.3 Å². The van der Waals surface area contributed by atoms with Crippen LogP contribution >= 0.6 is 11.6 Å². The Hall–Kier alpha value is -2.80. The van der Waals surface area contributed by atoms with Crippen molar-refractivity contribution in [2.24, 2.45) is 0 Å². The fourth-order valence-electron chi connectivity index (χ4n) is 3.49. The highest BCUT2D eigenvalue weighted by Gasteiger charge is 2.22. The normalized spacial score (nSPS) is 16.3. The zero-order chi connectivity index (χ0) is 19.5. The second-order valence-electron chi connectivity index (χ2n) is 6.80. The minimum Gasteiger partial charge on any atom is -0.353 e. The second kappa shape index (κ2) is 8.06. The van der Waals surface area contributed by atoms with E-state index in [2.05, 4.69) is 25.1 Å². The summed E-state index contributed by atoms with van der Waals surface area (Å²) in [6.07, 6.45) is 5.60. The van der Waals surface area contributed by atoms with Crippen LogP contribution in [0.25, 0.3) is 11.4 Å². The average molecular weight is 400 g/mol. The van der Waals surface area contributed by atoms with Gasteiger partial charge in [0.2, 0.25) is 5.91 Å². The Kier molecular flexibility index (Phi) is 5.34. The van der Waals surface area contributed by atoms with E-state index < -0.39 is 5.82 Å². The maximum atomic E-state index is 13.9. The summed E-state index contributed by atoms with van der Waals surface area (Å²) in [5.41, 5.74) is 1.19. The Labute approximate surface area is 166 Å². The highest BCUT2D eigenvalue weighted by atomic mass is 35.5. The van der Waals surface area contributed by atoms with Crippen LogP contribution in [0.3, 0.4) is 0 Å². The molecule has 0 fully saturated rings. The number of hydrogen-bond donors (Lipinski definition) is 1. The summed E-state index contributed by atoms with van der Waals surface area (Å²) in [5.74, 6) is 1.02. The van der Waals surface area contributed by atoms with Gasteiger partial charge in [-0.15, -0.1) is 10.2 Å². The molecule has 1 unspecified atom stereocenters. The minimum absolute atomic E-state index is 0.00922. The van der Waals surface area contributed by atoms with Crippen molar-refractivity contribution in [1.82, 2.24) is 25.1 Å². The maximum absolute atomic E-state index is 13.9. The molecule has 0 radical (unpaired) electrons. The van der Waals surface area contributed by atoms with Gasteiger partial charge in [0.05, 0.1) is 6.42 Å². The van der Waals surface area contributed by atoms with E-state index in [1.807, 2.05) is 12.1 Å². The molecule has 0 aliphatic carbocycles. The zero-order valence-electron chi connectivity index (χ0n) is 15.1. The summed E-state index contributed by atoms with van der Waals surface area (Å²) in [7, 11) is 0. The van der Waals surface area contributed by atoms with Crippen molar-refractivity contribution >= 4 is 17.5 Å². The number of fused-ring (bicyclic) bond motifs is 1. The molecule has 1 amide bonds. The molecule has 1 N–H and O–H groups in total. The molecule has 0 bridgehead atoms. The molecule has 4 rings (SSSR count). The highest BCUT2D eigenvalue weighted by Crippen LogP contribution is 2.23. The minimum atomic E-state index is -0.461. The molecular formula is C20H19ClFN5O. The van der Waals surface area contributed by atoms with Crippen molar-refractivity contribution < 1.29 is 9.18 Å². The summed E-state index contributed by atoms with van der Waals surface area (Å²) in [4.78, 5) is 16.5. The van der Waals surface area contributed by atoms with Crippen molar-refractivity contribution in [3.63, 3.8) is 0 Å². The van der Waals surface area contributed by atoms with E-state index in [4.69, 9.17) is 11.6 Å². The van der Waals surface area contributed by atoms with E-state index >= 15 is 0 Å². The fraction of sp³-hybridized carbons (Fsp3) is 0.300. The summed E-state index contributed by atoms with van der Waals surface area (Å²) in [6.45, 7) is 0.700. The number of benzene rings is 1. The molecule has 1 aromatic carbocycles. The van der Waals surface area contributed by atoms with E-state index in [-0.39, 0.29) is 29.0 Å². The van der Waals surface area contributed by atoms with Gasteiger partial charge >= 0.3 is 0 Å². The predicted octanol–water partition coefficient (Wildman–Crippen LogP) is 3.20. The first-order chi connectivity index (χ1) is 13.6. The van der Waals surface area contributed by atoms with Crippen molar-refractivity contribution in [3.05, 3.63) is 65.0 Å². The molecule has 0 saturated carbocycles. The lowest BCUT2D eigenvalue weighted by Crippen LogP contribution is -2.36. The van der Waals surface area contributed by atoms with Crippen LogP contribution in [0.4, 0.5) is 4.39 Å². The lowest BCUT2D eigenvalue weighted by Gasteiger charge is -2.16. The van der Waals surface area contributed by atoms with Crippen LogP contribution in [-0.4, -0.2) is 31.7 Å². The standard InChI is InChI=1S/C20H19ClFN5O/c21-16-2-1-3-17(22)15(16)12-19(28)24-14-4-5-18-25-26-20(27(18)11-8-14)13-6-9-23-10-7-13/h1-3,6-7,9-10,14H,4-5,8,11-12H2,(H,24,28). The smallest absolute Gasteiger partial charge is 0.224 e. The van der Waals surface area contributed by atoms with Crippen LogP contribution in [-0.2, 0) is 24.2 Å². The van der Waals surface area contributed by atoms with Gasteiger partial charge in [0.15, 0.2) is 5.82 Å². The Morgan fingerprint density at radius 2 is 2.04 bits per heavy atom. The van der Waals surface area contributed by atoms with Gasteiger partial charge in [0.25, 0.3) is 0 Å². The number of amides is 1. The van der Waals surface area contributed by atoms with Crippen LogP contribution in [0.5, 0.6) is 0 Å². The molecule has 144 valence electrons. The Morgan fingerprint density at radius 3 is 2.82 bits per heavy atom. The largest absolute Gasteiger partial charge is 0.353 e. The van der Waals surface area contributed by atoms with Gasteiger partial charge in [0, 0.05) is 47.6 Å². The number of carbonyl (C=O) groups excluding carboxylic acids is 1. The molecule has 2 aromatic heterocycles. The monoisotopic (exact) mass is 399 g/mol. The molecule has 6 nitrogen and oxygen atoms in total. The number of halogens is 2. The summed E-state index contributed by atoms with van der Waals surface area (Å²) in [5, 5.41) is 11.9. The molecule has 1 aliphatic rings. The van der Waals surface area contributed by atoms with Gasteiger partial charge in [-0.1, -0.05) is 17.7 Å². The summed E-state index contributed by atoms with van der Waals surface area (Å²) < 4.78 is 16.0. The van der Waals surface area contributed by atoms with Gasteiger partial charge < -0.3 is 9.88 Å². The molecular weight excluding hydrogens is 381 g/mol. The first kappa shape index (κ1) is 18.6. The van der Waals surface area contributed by atoms with E-state index in [1.165, 1.54) is 12.1 Å². The Morgan fingerprint density at radius 1 is 1.21 bits per heavy atom. The number of rotatable bonds is 4. The Balaban J connectivity index is 1.42. The van der Waals surface area contributed by atoms with Gasteiger partial charge in [-0.3, -0.25) is 9.78 Å². The van der Waals surface area contributed by atoms with Crippen LogP contribution in [0, 0.1) is 5.82 Å². The zero-order valence-corrected chi connectivity index (χ0v) is 15.9. The molecule has 1 atom stereocenters. The van der Waals surface area contributed by atoms with Crippen molar-refractivity contribution in [3.8, 4) is 11.4 Å². The topological polar surface area (TPSA) is 72.7 Å². The number of nitrogens with one attached hydrogen (secondary N) is 1. The van der Waals surface area contributed by atoms with Crippen LogP contribution in [0.15, 0.2) is 42.7 Å². The third kappa shape index (κ3) is 3.89. The molecule has 28 heavy (non-hydrogen) atoms. The quantitative estimate of drug-likeness (QED) is 0.731. The number of nitrogens with zero attached hydrogens (tertiary/aromatic N) is 4. The van der Waals surface area contributed by atoms with Crippen LogP contribution in [0.1, 0.15) is 24.2 Å². The Bertz CT molecular complexity index is 971. The lowest BCUT2D eigenvalue weighted by atomic mass is 10.1. The number of aryl methyl sites for hydroxylation is 1. The van der Waals surface area contributed by atoms with Gasteiger partial charge in [-0.25, -0.2) is 4.39 Å². The van der Waals surface area contributed by atoms with Gasteiger partial charge in [-0.05, 0) is 37.1 Å². The lowest BCUT2D eigenvalue weighted by molar-refractivity contribution is -0.121. The predicted molar refractivity (Wildman–Crippen MR) is 103 cm³/mol. The molecule has 8 heteroatoms. The molecule has 3 heterocycles. The van der Waals surface area contributed by atoms with E-state index in [0.29, 0.717) is 13.0 Å². The number of aromatic nitrogens is 4. The summed E-state index contributed by atoms with van der Waals surface area (Å²) in [6, 6.07) is 8.22. The highest BCUT2D eigenvalue weighted by molar-refractivity contribution is 6.31. The second-order valence-corrected chi connectivity index (χ2v) is 7.20. The van der Waals surface area contributed by atoms with Crippen LogP contribution < -0.4 is 5.32 Å². The van der Waals surface area contributed by atoms with E-state index in [1.54, 1.807) is 18.5 Å². The number of hydrogen-bond acceptors (Lipinski definition) is 4. The maximum Gasteiger partial charge on any atom is 0.224 e. The first-order valence-electron chi connectivity index (χ1n) is 9.16. The van der Waals surface area contributed by atoms with E-state index in [0.717, 1.165) is 30.1 Å². The third-order valence-electron chi connectivity index (χ3n) is 4.95. The molecule has 3 aromatic rings. The summed E-state index contributed by atoms with van der Waals surface area (Å²) >= 11 is 6.02.